The lowest BCUT2D eigenvalue weighted by Crippen LogP contribution is -2.46. The Bertz CT molecular complexity index is 664. The summed E-state index contributed by atoms with van der Waals surface area (Å²) in [6.07, 6.45) is 4.60. The van der Waals surface area contributed by atoms with Gasteiger partial charge in [-0.05, 0) is 25.5 Å². The second kappa shape index (κ2) is 8.96. The summed E-state index contributed by atoms with van der Waals surface area (Å²) < 4.78 is 7.60. The van der Waals surface area contributed by atoms with Gasteiger partial charge < -0.3 is 10.1 Å². The van der Waals surface area contributed by atoms with Crippen molar-refractivity contribution in [1.82, 2.24) is 20.0 Å². The quantitative estimate of drug-likeness (QED) is 0.827. The Morgan fingerprint density at radius 1 is 1.23 bits per heavy atom. The van der Waals surface area contributed by atoms with Gasteiger partial charge in [0.25, 0.3) is 0 Å². The zero-order chi connectivity index (χ0) is 18.4. The molecule has 3 rings (SSSR count). The van der Waals surface area contributed by atoms with E-state index in [-0.39, 0.29) is 24.2 Å². The molecule has 2 aromatic rings. The minimum atomic E-state index is -0.0915. The first-order valence-electron chi connectivity index (χ1n) is 9.29. The molecular weight excluding hydrogens is 328 g/mol. The van der Waals surface area contributed by atoms with Crippen molar-refractivity contribution in [3.8, 4) is 0 Å². The fourth-order valence-corrected chi connectivity index (χ4v) is 3.51. The molecule has 0 spiro atoms. The van der Waals surface area contributed by atoms with Crippen LogP contribution in [0.5, 0.6) is 0 Å². The minimum absolute atomic E-state index is 0.0674. The molecular formula is C20H28N4O2. The second-order valence-electron chi connectivity index (χ2n) is 7.03. The largest absolute Gasteiger partial charge is 0.373 e. The van der Waals surface area contributed by atoms with Crippen LogP contribution in [0.25, 0.3) is 0 Å². The Morgan fingerprint density at radius 3 is 2.62 bits per heavy atom. The van der Waals surface area contributed by atoms with E-state index in [4.69, 9.17) is 4.74 Å². The summed E-state index contributed by atoms with van der Waals surface area (Å²) in [6, 6.07) is 11.9. The van der Waals surface area contributed by atoms with Crippen LogP contribution < -0.4 is 5.32 Å². The zero-order valence-corrected chi connectivity index (χ0v) is 15.5. The van der Waals surface area contributed by atoms with E-state index in [0.717, 1.165) is 25.2 Å². The highest BCUT2D eigenvalue weighted by atomic mass is 16.5. The van der Waals surface area contributed by atoms with Crippen LogP contribution in [0.3, 0.4) is 0 Å². The standard InChI is InChI=1S/C20H28N4O2/c1-16-13-23(14-17(2)26-16)12-9-20(25)22-19(15-24-11-6-10-21-24)18-7-4-3-5-8-18/h3-8,10-11,16-17,19H,9,12-15H2,1-2H3,(H,22,25)/t16-,17+,19-/m1/s1. The van der Waals surface area contributed by atoms with Gasteiger partial charge in [-0.1, -0.05) is 30.3 Å². The number of nitrogens with one attached hydrogen (secondary N) is 1. The summed E-state index contributed by atoms with van der Waals surface area (Å²) in [5, 5.41) is 7.44. The summed E-state index contributed by atoms with van der Waals surface area (Å²) >= 11 is 0. The molecule has 1 aliphatic heterocycles. The van der Waals surface area contributed by atoms with E-state index in [9.17, 15) is 4.79 Å². The van der Waals surface area contributed by atoms with E-state index in [1.807, 2.05) is 47.3 Å². The van der Waals surface area contributed by atoms with Gasteiger partial charge in [-0.3, -0.25) is 14.4 Å². The normalized spacial score (nSPS) is 22.1. The monoisotopic (exact) mass is 356 g/mol. The van der Waals surface area contributed by atoms with Crippen LogP contribution in [-0.4, -0.2) is 52.4 Å². The third-order valence-electron chi connectivity index (χ3n) is 4.62. The molecule has 0 bridgehead atoms. The highest BCUT2D eigenvalue weighted by Gasteiger charge is 2.23. The number of carbonyl (C=O) groups excluding carboxylic acids is 1. The number of morpholine rings is 1. The van der Waals surface area contributed by atoms with E-state index in [0.29, 0.717) is 13.0 Å². The molecule has 0 radical (unpaired) electrons. The van der Waals surface area contributed by atoms with Gasteiger partial charge in [-0.25, -0.2) is 0 Å². The number of rotatable bonds is 7. The Kier molecular flexibility index (Phi) is 6.41. The van der Waals surface area contributed by atoms with Crippen molar-refractivity contribution in [3.63, 3.8) is 0 Å². The van der Waals surface area contributed by atoms with Crippen molar-refractivity contribution in [3.05, 3.63) is 54.4 Å². The Morgan fingerprint density at radius 2 is 1.96 bits per heavy atom. The SMILES string of the molecule is C[C@@H]1CN(CCC(=O)N[C@H](Cn2cccn2)c2ccccc2)C[C@H](C)O1. The van der Waals surface area contributed by atoms with Gasteiger partial charge in [0.05, 0.1) is 24.8 Å². The van der Waals surface area contributed by atoms with Gasteiger partial charge in [-0.2, -0.15) is 5.10 Å². The molecule has 1 aromatic heterocycles. The van der Waals surface area contributed by atoms with E-state index in [1.165, 1.54) is 0 Å². The van der Waals surface area contributed by atoms with Crippen molar-refractivity contribution in [2.75, 3.05) is 19.6 Å². The maximum Gasteiger partial charge on any atom is 0.221 e. The Balaban J connectivity index is 1.56. The van der Waals surface area contributed by atoms with Crippen molar-refractivity contribution >= 4 is 5.91 Å². The van der Waals surface area contributed by atoms with E-state index in [2.05, 4.69) is 29.2 Å². The fourth-order valence-electron chi connectivity index (χ4n) is 3.51. The molecule has 3 atom stereocenters. The molecule has 1 aliphatic rings. The smallest absolute Gasteiger partial charge is 0.221 e. The first-order valence-corrected chi connectivity index (χ1v) is 9.29. The van der Waals surface area contributed by atoms with Crippen LogP contribution in [0.4, 0.5) is 0 Å². The number of hydrogen-bond donors (Lipinski definition) is 1. The number of amides is 1. The predicted molar refractivity (Wildman–Crippen MR) is 101 cm³/mol. The van der Waals surface area contributed by atoms with Gasteiger partial charge in [0, 0.05) is 38.4 Å². The molecule has 1 fully saturated rings. The molecule has 1 aromatic carbocycles. The third kappa shape index (κ3) is 5.41. The molecule has 6 nitrogen and oxygen atoms in total. The van der Waals surface area contributed by atoms with Crippen LogP contribution in [0.1, 0.15) is 31.9 Å². The molecule has 0 aliphatic carbocycles. The number of carbonyl (C=O) groups is 1. The van der Waals surface area contributed by atoms with Gasteiger partial charge in [0.1, 0.15) is 0 Å². The number of hydrogen-bond acceptors (Lipinski definition) is 4. The Labute approximate surface area is 155 Å². The van der Waals surface area contributed by atoms with Gasteiger partial charge in [-0.15, -0.1) is 0 Å². The molecule has 0 unspecified atom stereocenters. The van der Waals surface area contributed by atoms with Crippen molar-refractivity contribution < 1.29 is 9.53 Å². The Hall–Kier alpha value is -2.18. The minimum Gasteiger partial charge on any atom is -0.373 e. The van der Waals surface area contributed by atoms with Crippen LogP contribution in [0, 0.1) is 0 Å². The lowest BCUT2D eigenvalue weighted by atomic mass is 10.1. The molecule has 1 amide bonds. The van der Waals surface area contributed by atoms with Crippen LogP contribution in [0.2, 0.25) is 0 Å². The summed E-state index contributed by atoms with van der Waals surface area (Å²) in [6.45, 7) is 7.30. The molecule has 1 N–H and O–H groups in total. The predicted octanol–water partition coefficient (Wildman–Crippen LogP) is 2.24. The number of benzene rings is 1. The fraction of sp³-hybridized carbons (Fsp3) is 0.500. The summed E-state index contributed by atoms with van der Waals surface area (Å²) in [7, 11) is 0. The topological polar surface area (TPSA) is 59.4 Å². The third-order valence-corrected chi connectivity index (χ3v) is 4.62. The van der Waals surface area contributed by atoms with Gasteiger partial charge in [0.15, 0.2) is 0 Å². The number of ether oxygens (including phenoxy) is 1. The maximum atomic E-state index is 12.6. The second-order valence-corrected chi connectivity index (χ2v) is 7.03. The molecule has 0 saturated carbocycles. The molecule has 1 saturated heterocycles. The summed E-state index contributed by atoms with van der Waals surface area (Å²) in [5.74, 6) is 0.0674. The molecule has 26 heavy (non-hydrogen) atoms. The van der Waals surface area contributed by atoms with E-state index < -0.39 is 0 Å². The van der Waals surface area contributed by atoms with Gasteiger partial charge in [0.2, 0.25) is 5.91 Å². The van der Waals surface area contributed by atoms with Crippen molar-refractivity contribution in [2.24, 2.45) is 0 Å². The first-order chi connectivity index (χ1) is 12.6. The number of aromatic nitrogens is 2. The highest BCUT2D eigenvalue weighted by Crippen LogP contribution is 2.15. The van der Waals surface area contributed by atoms with Crippen LogP contribution in [0.15, 0.2) is 48.8 Å². The van der Waals surface area contributed by atoms with Crippen molar-refractivity contribution in [2.45, 2.75) is 45.1 Å². The average molecular weight is 356 g/mol. The number of nitrogens with zero attached hydrogens (tertiary/aromatic N) is 3. The summed E-state index contributed by atoms with van der Waals surface area (Å²) in [5.41, 5.74) is 1.09. The summed E-state index contributed by atoms with van der Waals surface area (Å²) in [4.78, 5) is 14.9. The average Bonchev–Trinajstić information content (AvgIpc) is 3.12. The molecule has 6 heteroatoms. The zero-order valence-electron chi connectivity index (χ0n) is 15.5. The lowest BCUT2D eigenvalue weighted by Gasteiger charge is -2.35. The first kappa shape index (κ1) is 18.6. The van der Waals surface area contributed by atoms with Gasteiger partial charge >= 0.3 is 0 Å². The highest BCUT2D eigenvalue weighted by molar-refractivity contribution is 5.76. The molecule has 2 heterocycles. The molecule has 140 valence electrons. The van der Waals surface area contributed by atoms with Crippen LogP contribution >= 0.6 is 0 Å². The maximum absolute atomic E-state index is 12.6. The van der Waals surface area contributed by atoms with E-state index >= 15 is 0 Å². The van der Waals surface area contributed by atoms with Crippen molar-refractivity contribution in [1.29, 1.82) is 0 Å². The van der Waals surface area contributed by atoms with Crippen LogP contribution in [-0.2, 0) is 16.1 Å². The lowest BCUT2D eigenvalue weighted by molar-refractivity contribution is -0.123. The van der Waals surface area contributed by atoms with E-state index in [1.54, 1.807) is 6.20 Å².